The molecule has 118 valence electrons. The topological polar surface area (TPSA) is 61.5 Å². The van der Waals surface area contributed by atoms with Crippen molar-refractivity contribution in [1.82, 2.24) is 19.8 Å². The highest BCUT2D eigenvalue weighted by atomic mass is 16.5. The quantitative estimate of drug-likeness (QED) is 0.575. The molecule has 2 aromatic heterocycles. The van der Waals surface area contributed by atoms with E-state index in [2.05, 4.69) is 15.3 Å². The summed E-state index contributed by atoms with van der Waals surface area (Å²) in [6.07, 6.45) is 0. The molecule has 0 saturated heterocycles. The van der Waals surface area contributed by atoms with Gasteiger partial charge in [0.15, 0.2) is 23.0 Å². The standard InChI is InChI=1S/C18H14N4O2/c1-23-14-9-5-6-10-15(14)24-17-12-11-16-19-20-18(22(16)21-17)13-7-3-2-4-8-13/h2-12H,1H3. The van der Waals surface area contributed by atoms with Crippen LogP contribution >= 0.6 is 0 Å². The smallest absolute Gasteiger partial charge is 0.237 e. The Balaban J connectivity index is 1.75. The zero-order valence-corrected chi connectivity index (χ0v) is 13.0. The summed E-state index contributed by atoms with van der Waals surface area (Å²) in [6.45, 7) is 0. The van der Waals surface area contributed by atoms with Gasteiger partial charge in [0, 0.05) is 11.6 Å². The molecule has 6 nitrogen and oxygen atoms in total. The molecular formula is C18H14N4O2. The van der Waals surface area contributed by atoms with E-state index >= 15 is 0 Å². The van der Waals surface area contributed by atoms with Gasteiger partial charge < -0.3 is 9.47 Å². The van der Waals surface area contributed by atoms with Gasteiger partial charge in [0.2, 0.25) is 5.88 Å². The molecule has 0 aliphatic carbocycles. The Bertz CT molecular complexity index is 983. The minimum absolute atomic E-state index is 0.434. The van der Waals surface area contributed by atoms with Crippen molar-refractivity contribution in [1.29, 1.82) is 0 Å². The third-order valence-corrected chi connectivity index (χ3v) is 3.55. The molecule has 0 N–H and O–H groups in total. The lowest BCUT2D eigenvalue weighted by Crippen LogP contribution is -1.98. The fraction of sp³-hybridized carbons (Fsp3) is 0.0556. The minimum atomic E-state index is 0.434. The zero-order valence-electron chi connectivity index (χ0n) is 13.0. The Morgan fingerprint density at radius 3 is 2.33 bits per heavy atom. The molecule has 0 amide bonds. The molecule has 4 aromatic rings. The number of methoxy groups -OCH3 is 1. The first-order valence-corrected chi connectivity index (χ1v) is 7.44. The minimum Gasteiger partial charge on any atom is -0.493 e. The number of fused-ring (bicyclic) bond motifs is 1. The van der Waals surface area contributed by atoms with E-state index in [4.69, 9.17) is 9.47 Å². The first-order valence-electron chi connectivity index (χ1n) is 7.44. The molecule has 0 aliphatic rings. The molecule has 2 heterocycles. The molecule has 0 unspecified atom stereocenters. The highest BCUT2D eigenvalue weighted by molar-refractivity contribution is 5.58. The molecule has 0 fully saturated rings. The van der Waals surface area contributed by atoms with E-state index in [0.29, 0.717) is 28.9 Å². The van der Waals surface area contributed by atoms with Gasteiger partial charge in [-0.1, -0.05) is 42.5 Å². The normalized spacial score (nSPS) is 10.7. The van der Waals surface area contributed by atoms with Crippen LogP contribution in [0.3, 0.4) is 0 Å². The van der Waals surface area contributed by atoms with Crippen molar-refractivity contribution in [3.05, 3.63) is 66.7 Å². The van der Waals surface area contributed by atoms with Crippen molar-refractivity contribution in [2.24, 2.45) is 0 Å². The van der Waals surface area contributed by atoms with Gasteiger partial charge in [-0.2, -0.15) is 4.52 Å². The lowest BCUT2D eigenvalue weighted by Gasteiger charge is -2.09. The fourth-order valence-corrected chi connectivity index (χ4v) is 2.41. The zero-order chi connectivity index (χ0) is 16.4. The first kappa shape index (κ1) is 14.2. The number of rotatable bonds is 4. The monoisotopic (exact) mass is 318 g/mol. The Hall–Kier alpha value is -3.41. The van der Waals surface area contributed by atoms with Crippen LogP contribution in [0.1, 0.15) is 0 Å². The van der Waals surface area contributed by atoms with Gasteiger partial charge in [-0.25, -0.2) is 0 Å². The first-order chi connectivity index (χ1) is 11.8. The molecule has 0 spiro atoms. The van der Waals surface area contributed by atoms with Gasteiger partial charge in [0.05, 0.1) is 7.11 Å². The third-order valence-electron chi connectivity index (χ3n) is 3.55. The maximum absolute atomic E-state index is 5.86. The molecule has 4 rings (SSSR count). The lowest BCUT2D eigenvalue weighted by molar-refractivity contribution is 0.372. The lowest BCUT2D eigenvalue weighted by atomic mass is 10.2. The average molecular weight is 318 g/mol. The summed E-state index contributed by atoms with van der Waals surface area (Å²) in [5, 5.41) is 12.9. The number of para-hydroxylation sites is 2. The van der Waals surface area contributed by atoms with Gasteiger partial charge in [0.25, 0.3) is 0 Å². The van der Waals surface area contributed by atoms with Crippen LogP contribution in [-0.4, -0.2) is 26.9 Å². The SMILES string of the molecule is COc1ccccc1Oc1ccc2nnc(-c3ccccc3)n2n1. The number of nitrogens with zero attached hydrogens (tertiary/aromatic N) is 4. The van der Waals surface area contributed by atoms with E-state index < -0.39 is 0 Å². The van der Waals surface area contributed by atoms with Crippen LogP contribution in [0.4, 0.5) is 0 Å². The maximum Gasteiger partial charge on any atom is 0.237 e. The number of benzene rings is 2. The summed E-state index contributed by atoms with van der Waals surface area (Å²) in [6, 6.07) is 20.8. The highest BCUT2D eigenvalue weighted by Crippen LogP contribution is 2.30. The molecule has 0 atom stereocenters. The summed E-state index contributed by atoms with van der Waals surface area (Å²) < 4.78 is 12.8. The van der Waals surface area contributed by atoms with E-state index in [0.717, 1.165) is 5.56 Å². The van der Waals surface area contributed by atoms with Gasteiger partial charge >= 0.3 is 0 Å². The number of ether oxygens (including phenoxy) is 2. The van der Waals surface area contributed by atoms with E-state index in [1.54, 1.807) is 17.7 Å². The molecule has 24 heavy (non-hydrogen) atoms. The largest absolute Gasteiger partial charge is 0.493 e. The second-order valence-electron chi connectivity index (χ2n) is 5.08. The van der Waals surface area contributed by atoms with Crippen molar-refractivity contribution in [2.45, 2.75) is 0 Å². The third kappa shape index (κ3) is 2.54. The number of aromatic nitrogens is 4. The van der Waals surface area contributed by atoms with Crippen LogP contribution < -0.4 is 9.47 Å². The summed E-state index contributed by atoms with van der Waals surface area (Å²) >= 11 is 0. The Morgan fingerprint density at radius 2 is 1.54 bits per heavy atom. The predicted molar refractivity (Wildman–Crippen MR) is 89.3 cm³/mol. The Morgan fingerprint density at radius 1 is 0.792 bits per heavy atom. The van der Waals surface area contributed by atoms with Gasteiger partial charge in [0.1, 0.15) is 0 Å². The van der Waals surface area contributed by atoms with E-state index in [1.807, 2.05) is 60.7 Å². The molecule has 0 aliphatic heterocycles. The molecule has 6 heteroatoms. The van der Waals surface area contributed by atoms with Crippen LogP contribution in [0.25, 0.3) is 17.0 Å². The van der Waals surface area contributed by atoms with Crippen molar-refractivity contribution in [2.75, 3.05) is 7.11 Å². The van der Waals surface area contributed by atoms with Crippen LogP contribution in [0, 0.1) is 0 Å². The number of hydrogen-bond acceptors (Lipinski definition) is 5. The van der Waals surface area contributed by atoms with Crippen molar-refractivity contribution in [3.8, 4) is 28.8 Å². The second kappa shape index (κ2) is 6.00. The molecular weight excluding hydrogens is 304 g/mol. The molecule has 0 bridgehead atoms. The Labute approximate surface area is 138 Å². The van der Waals surface area contributed by atoms with E-state index in [1.165, 1.54) is 0 Å². The maximum atomic E-state index is 5.86. The second-order valence-corrected chi connectivity index (χ2v) is 5.08. The van der Waals surface area contributed by atoms with Crippen LogP contribution in [-0.2, 0) is 0 Å². The molecule has 2 aromatic carbocycles. The summed E-state index contributed by atoms with van der Waals surface area (Å²) in [5.74, 6) is 2.34. The average Bonchev–Trinajstić information content (AvgIpc) is 3.06. The van der Waals surface area contributed by atoms with Gasteiger partial charge in [-0.15, -0.1) is 15.3 Å². The summed E-state index contributed by atoms with van der Waals surface area (Å²) in [4.78, 5) is 0. The Kier molecular flexibility index (Phi) is 3.55. The van der Waals surface area contributed by atoms with Crippen molar-refractivity contribution < 1.29 is 9.47 Å². The van der Waals surface area contributed by atoms with Crippen LogP contribution in [0.5, 0.6) is 17.4 Å². The molecule has 0 radical (unpaired) electrons. The van der Waals surface area contributed by atoms with Crippen molar-refractivity contribution >= 4 is 5.65 Å². The van der Waals surface area contributed by atoms with E-state index in [9.17, 15) is 0 Å². The van der Waals surface area contributed by atoms with Crippen LogP contribution in [0.15, 0.2) is 66.7 Å². The summed E-state index contributed by atoms with van der Waals surface area (Å²) in [5.41, 5.74) is 1.59. The summed E-state index contributed by atoms with van der Waals surface area (Å²) in [7, 11) is 1.60. The van der Waals surface area contributed by atoms with Gasteiger partial charge in [-0.3, -0.25) is 0 Å². The van der Waals surface area contributed by atoms with Crippen molar-refractivity contribution in [3.63, 3.8) is 0 Å². The predicted octanol–water partition coefficient (Wildman–Crippen LogP) is 3.59. The fourth-order valence-electron chi connectivity index (χ4n) is 2.41. The van der Waals surface area contributed by atoms with Gasteiger partial charge in [-0.05, 0) is 18.2 Å². The molecule has 0 saturated carbocycles. The van der Waals surface area contributed by atoms with E-state index in [-0.39, 0.29) is 0 Å². The number of hydrogen-bond donors (Lipinski definition) is 0. The van der Waals surface area contributed by atoms with Crippen LogP contribution in [0.2, 0.25) is 0 Å². The highest BCUT2D eigenvalue weighted by Gasteiger charge is 2.11.